The van der Waals surface area contributed by atoms with Gasteiger partial charge in [0.15, 0.2) is 0 Å². The molecule has 1 aromatic rings. The summed E-state index contributed by atoms with van der Waals surface area (Å²) in [6.45, 7) is 4.08. The Morgan fingerprint density at radius 2 is 1.67 bits per heavy atom. The average Bonchev–Trinajstić information content (AvgIpc) is 2.41. The fourth-order valence-electron chi connectivity index (χ4n) is 1.97. The first kappa shape index (κ1) is 14.1. The van der Waals surface area contributed by atoms with Crippen LogP contribution in [0, 0.1) is 5.92 Å². The maximum absolute atomic E-state index is 12.0. The van der Waals surface area contributed by atoms with Crippen LogP contribution in [0.4, 0.5) is 0 Å². The first-order valence-corrected chi connectivity index (χ1v) is 6.02. The lowest BCUT2D eigenvalue weighted by atomic mass is 9.98. The number of likely N-dealkylation sites (tertiary alicyclic amines) is 1. The van der Waals surface area contributed by atoms with Gasteiger partial charge in [-0.15, -0.1) is 0 Å². The van der Waals surface area contributed by atoms with Gasteiger partial charge < -0.3 is 4.90 Å². The molecule has 1 fully saturated rings. The van der Waals surface area contributed by atoms with Crippen molar-refractivity contribution in [1.82, 2.24) is 4.90 Å². The zero-order chi connectivity index (χ0) is 13.4. The Balaban J connectivity index is 0.000000492. The molecule has 1 aliphatic heterocycles. The molecule has 1 heterocycles. The van der Waals surface area contributed by atoms with Gasteiger partial charge in [0.1, 0.15) is 0 Å². The van der Waals surface area contributed by atoms with Crippen molar-refractivity contribution in [3.05, 3.63) is 35.9 Å². The molecule has 1 aliphatic rings. The molecule has 96 valence electrons. The average molecular weight is 247 g/mol. The normalized spacial score (nSPS) is 15.3. The predicted molar refractivity (Wildman–Crippen MR) is 65.8 cm³/mol. The molecule has 0 radical (unpaired) electrons. The van der Waals surface area contributed by atoms with E-state index in [9.17, 15) is 4.79 Å². The van der Waals surface area contributed by atoms with E-state index in [4.69, 9.17) is 9.59 Å². The first-order chi connectivity index (χ1) is 8.69. The summed E-state index contributed by atoms with van der Waals surface area (Å²) in [4.78, 5) is 30.2. The van der Waals surface area contributed by atoms with Crippen LogP contribution < -0.4 is 0 Å². The minimum Gasteiger partial charge on any atom is -0.339 e. The third-order valence-corrected chi connectivity index (χ3v) is 3.09. The lowest BCUT2D eigenvalue weighted by molar-refractivity contribution is -0.191. The minimum atomic E-state index is 0.183. The molecule has 0 atom stereocenters. The third-order valence-electron chi connectivity index (χ3n) is 3.09. The zero-order valence-corrected chi connectivity index (χ0v) is 10.5. The Kier molecular flexibility index (Phi) is 5.81. The minimum absolute atomic E-state index is 0.183. The largest absolute Gasteiger partial charge is 0.373 e. The van der Waals surface area contributed by atoms with Gasteiger partial charge in [0.05, 0.1) is 0 Å². The van der Waals surface area contributed by atoms with Gasteiger partial charge in [0, 0.05) is 18.7 Å². The monoisotopic (exact) mass is 247 g/mol. The highest BCUT2D eigenvalue weighted by Gasteiger charge is 2.20. The number of nitrogens with zero attached hydrogens (tertiary/aromatic N) is 1. The van der Waals surface area contributed by atoms with Crippen LogP contribution in [0.1, 0.15) is 30.1 Å². The Morgan fingerprint density at radius 3 is 2.17 bits per heavy atom. The molecule has 4 nitrogen and oxygen atoms in total. The van der Waals surface area contributed by atoms with Gasteiger partial charge in [-0.3, -0.25) is 4.79 Å². The molecule has 1 saturated heterocycles. The van der Waals surface area contributed by atoms with E-state index in [0.717, 1.165) is 37.4 Å². The number of hydrogen-bond donors (Lipinski definition) is 0. The molecule has 0 bridgehead atoms. The van der Waals surface area contributed by atoms with Gasteiger partial charge in [-0.2, -0.15) is 9.59 Å². The number of piperidine rings is 1. The quantitative estimate of drug-likeness (QED) is 0.762. The van der Waals surface area contributed by atoms with E-state index < -0.39 is 0 Å². The maximum atomic E-state index is 12.0. The van der Waals surface area contributed by atoms with E-state index in [-0.39, 0.29) is 12.1 Å². The number of amides is 1. The Bertz CT molecular complexity index is 402. The topological polar surface area (TPSA) is 54.5 Å². The Labute approximate surface area is 107 Å². The van der Waals surface area contributed by atoms with Crippen LogP contribution in [0.2, 0.25) is 0 Å². The second kappa shape index (κ2) is 7.41. The Morgan fingerprint density at radius 1 is 1.17 bits per heavy atom. The summed E-state index contributed by atoms with van der Waals surface area (Å²) in [6.07, 6.45) is 2.52. The van der Waals surface area contributed by atoms with Gasteiger partial charge in [-0.05, 0) is 30.9 Å². The molecule has 0 aromatic heterocycles. The SMILES string of the molecule is CC1CCN(C(=O)c2ccccc2)CC1.O=C=O. The van der Waals surface area contributed by atoms with Crippen molar-refractivity contribution in [2.24, 2.45) is 5.92 Å². The maximum Gasteiger partial charge on any atom is 0.373 e. The van der Waals surface area contributed by atoms with Gasteiger partial charge in [-0.25, -0.2) is 0 Å². The molecule has 0 unspecified atom stereocenters. The van der Waals surface area contributed by atoms with Crippen LogP contribution in [0.5, 0.6) is 0 Å². The van der Waals surface area contributed by atoms with Gasteiger partial charge in [0.25, 0.3) is 5.91 Å². The summed E-state index contributed by atoms with van der Waals surface area (Å²) in [5.41, 5.74) is 0.812. The number of carbonyl (C=O) groups is 1. The number of rotatable bonds is 1. The molecule has 1 aromatic carbocycles. The van der Waals surface area contributed by atoms with Gasteiger partial charge in [0.2, 0.25) is 0 Å². The van der Waals surface area contributed by atoms with E-state index in [1.807, 2.05) is 35.2 Å². The molecular formula is C14H17NO3. The van der Waals surface area contributed by atoms with E-state index in [1.165, 1.54) is 0 Å². The van der Waals surface area contributed by atoms with Crippen LogP contribution >= 0.6 is 0 Å². The van der Waals surface area contributed by atoms with E-state index in [0.29, 0.717) is 0 Å². The first-order valence-electron chi connectivity index (χ1n) is 6.02. The van der Waals surface area contributed by atoms with Crippen molar-refractivity contribution in [2.75, 3.05) is 13.1 Å². The molecule has 0 aliphatic carbocycles. The standard InChI is InChI=1S/C13H17NO.CO2/c1-11-7-9-14(10-8-11)13(15)12-5-3-2-4-6-12;2-1-3/h2-6,11H,7-10H2,1H3;. The van der Waals surface area contributed by atoms with Crippen molar-refractivity contribution >= 4 is 12.1 Å². The number of hydrogen-bond acceptors (Lipinski definition) is 3. The Hall–Kier alpha value is -1.93. The molecular weight excluding hydrogens is 230 g/mol. The third kappa shape index (κ3) is 4.15. The molecule has 2 rings (SSSR count). The number of benzene rings is 1. The van der Waals surface area contributed by atoms with Crippen molar-refractivity contribution in [3.63, 3.8) is 0 Å². The fraction of sp³-hybridized carbons (Fsp3) is 0.429. The van der Waals surface area contributed by atoms with Crippen LogP contribution in [0.3, 0.4) is 0 Å². The lowest BCUT2D eigenvalue weighted by Crippen LogP contribution is -2.37. The zero-order valence-electron chi connectivity index (χ0n) is 10.5. The van der Waals surface area contributed by atoms with E-state index in [1.54, 1.807) is 0 Å². The van der Waals surface area contributed by atoms with E-state index in [2.05, 4.69) is 6.92 Å². The highest BCUT2D eigenvalue weighted by Crippen LogP contribution is 2.17. The van der Waals surface area contributed by atoms with Crippen LogP contribution in [0.25, 0.3) is 0 Å². The van der Waals surface area contributed by atoms with Crippen LogP contribution in [0.15, 0.2) is 30.3 Å². The summed E-state index contributed by atoms with van der Waals surface area (Å²) in [6, 6.07) is 9.55. The number of carbonyl (C=O) groups excluding carboxylic acids is 3. The summed E-state index contributed by atoms with van der Waals surface area (Å²) in [5.74, 6) is 0.951. The molecule has 0 N–H and O–H groups in total. The molecule has 0 spiro atoms. The van der Waals surface area contributed by atoms with Crippen molar-refractivity contribution in [2.45, 2.75) is 19.8 Å². The summed E-state index contributed by atoms with van der Waals surface area (Å²) in [7, 11) is 0. The highest BCUT2D eigenvalue weighted by molar-refractivity contribution is 5.94. The summed E-state index contributed by atoms with van der Waals surface area (Å²) >= 11 is 0. The van der Waals surface area contributed by atoms with Crippen LogP contribution in [-0.2, 0) is 9.59 Å². The van der Waals surface area contributed by atoms with Crippen molar-refractivity contribution in [1.29, 1.82) is 0 Å². The second-order valence-electron chi connectivity index (χ2n) is 4.42. The smallest absolute Gasteiger partial charge is 0.339 e. The van der Waals surface area contributed by atoms with Crippen LogP contribution in [-0.4, -0.2) is 30.0 Å². The second-order valence-corrected chi connectivity index (χ2v) is 4.42. The van der Waals surface area contributed by atoms with Crippen molar-refractivity contribution < 1.29 is 14.4 Å². The fourth-order valence-corrected chi connectivity index (χ4v) is 1.97. The van der Waals surface area contributed by atoms with Crippen molar-refractivity contribution in [3.8, 4) is 0 Å². The van der Waals surface area contributed by atoms with Gasteiger partial charge in [-0.1, -0.05) is 25.1 Å². The molecule has 0 saturated carbocycles. The van der Waals surface area contributed by atoms with Gasteiger partial charge >= 0.3 is 6.15 Å². The lowest BCUT2D eigenvalue weighted by Gasteiger charge is -2.30. The molecule has 1 amide bonds. The highest BCUT2D eigenvalue weighted by atomic mass is 16.2. The summed E-state index contributed by atoms with van der Waals surface area (Å²) in [5, 5.41) is 0. The summed E-state index contributed by atoms with van der Waals surface area (Å²) < 4.78 is 0. The predicted octanol–water partition coefficient (Wildman–Crippen LogP) is 1.98. The molecule has 18 heavy (non-hydrogen) atoms. The molecule has 4 heteroatoms. The van der Waals surface area contributed by atoms with E-state index >= 15 is 0 Å².